The number of benzene rings is 2. The molecule has 1 fully saturated rings. The number of nitrogens with two attached hydrogens (primary N) is 1. The molecule has 0 aliphatic carbocycles. The second kappa shape index (κ2) is 11.0. The van der Waals surface area contributed by atoms with Gasteiger partial charge in [0.25, 0.3) is 0 Å². The van der Waals surface area contributed by atoms with Crippen molar-refractivity contribution >= 4 is 29.1 Å². The number of likely N-dealkylation sites (tertiary alicyclic amines) is 1. The summed E-state index contributed by atoms with van der Waals surface area (Å²) >= 11 is 12.7. The van der Waals surface area contributed by atoms with Gasteiger partial charge in [-0.3, -0.25) is 9.69 Å². The number of methoxy groups -OCH3 is 1. The molecule has 2 aliphatic heterocycles. The van der Waals surface area contributed by atoms with Crippen LogP contribution in [0.3, 0.4) is 0 Å². The molecular formula is C24H29Cl2N3O5. The Bertz CT molecular complexity index is 996. The maximum atomic E-state index is 12.3. The Morgan fingerprint density at radius 2 is 1.94 bits per heavy atom. The Kier molecular flexibility index (Phi) is 8.06. The van der Waals surface area contributed by atoms with Crippen LogP contribution < -0.4 is 25.3 Å². The molecule has 2 aromatic carbocycles. The predicted molar refractivity (Wildman–Crippen MR) is 130 cm³/mol. The molecule has 4 N–H and O–H groups in total. The predicted octanol–water partition coefficient (Wildman–Crippen LogP) is 2.78. The molecule has 2 aliphatic rings. The highest BCUT2D eigenvalue weighted by Crippen LogP contribution is 2.36. The number of aliphatic hydroxyl groups excluding tert-OH is 1. The van der Waals surface area contributed by atoms with Gasteiger partial charge >= 0.3 is 0 Å². The van der Waals surface area contributed by atoms with Crippen molar-refractivity contribution in [2.45, 2.75) is 37.1 Å². The van der Waals surface area contributed by atoms with E-state index in [1.165, 1.54) is 0 Å². The molecule has 0 spiro atoms. The highest BCUT2D eigenvalue weighted by atomic mass is 35.5. The maximum Gasteiger partial charge on any atom is 0.239 e. The zero-order chi connectivity index (χ0) is 24.2. The molecular weight excluding hydrogens is 481 g/mol. The Morgan fingerprint density at radius 3 is 2.59 bits per heavy atom. The molecule has 2 aromatic rings. The minimum atomic E-state index is -0.742. The number of primary amides is 1. The SMILES string of the molecule is COc1ccc2c(c1)OCC(C(O)CNC1CCN(C(C(N)=O)c3c(Cl)cccc3Cl)CC1)O2. The van der Waals surface area contributed by atoms with Gasteiger partial charge in [-0.25, -0.2) is 0 Å². The van der Waals surface area contributed by atoms with Crippen LogP contribution in [-0.2, 0) is 4.79 Å². The molecule has 2 heterocycles. The maximum absolute atomic E-state index is 12.3. The van der Waals surface area contributed by atoms with Gasteiger partial charge in [0.05, 0.1) is 7.11 Å². The summed E-state index contributed by atoms with van der Waals surface area (Å²) in [6.07, 6.45) is 0.343. The third-order valence-electron chi connectivity index (χ3n) is 6.31. The molecule has 1 saturated heterocycles. The van der Waals surface area contributed by atoms with Crippen LogP contribution in [0.15, 0.2) is 36.4 Å². The van der Waals surface area contributed by atoms with Crippen molar-refractivity contribution in [2.24, 2.45) is 5.73 Å². The van der Waals surface area contributed by atoms with Crippen molar-refractivity contribution in [3.63, 3.8) is 0 Å². The molecule has 1 amide bonds. The van der Waals surface area contributed by atoms with Crippen LogP contribution in [0.1, 0.15) is 24.4 Å². The van der Waals surface area contributed by atoms with E-state index in [4.69, 9.17) is 43.1 Å². The second-order valence-electron chi connectivity index (χ2n) is 8.51. The Balaban J connectivity index is 1.29. The average Bonchev–Trinajstić information content (AvgIpc) is 2.84. The summed E-state index contributed by atoms with van der Waals surface area (Å²) < 4.78 is 16.9. The quantitative estimate of drug-likeness (QED) is 0.502. The summed E-state index contributed by atoms with van der Waals surface area (Å²) in [5.74, 6) is 1.39. The van der Waals surface area contributed by atoms with Crippen LogP contribution in [0.4, 0.5) is 0 Å². The average molecular weight is 510 g/mol. The van der Waals surface area contributed by atoms with Crippen molar-refractivity contribution in [2.75, 3.05) is 33.4 Å². The standard InChI is InChI=1S/C24H29Cl2N3O5/c1-32-15-5-6-19-20(11-15)33-13-21(34-19)18(30)12-28-14-7-9-29(10-8-14)23(24(27)31)22-16(25)3-2-4-17(22)26/h2-6,11,14,18,21,23,28,30H,7-10,12-13H2,1H3,(H2,27,31). The Labute approximate surface area is 208 Å². The molecule has 34 heavy (non-hydrogen) atoms. The van der Waals surface area contributed by atoms with Crippen molar-refractivity contribution in [3.05, 3.63) is 52.0 Å². The molecule has 0 aromatic heterocycles. The number of halogens is 2. The summed E-state index contributed by atoms with van der Waals surface area (Å²) in [7, 11) is 1.59. The smallest absolute Gasteiger partial charge is 0.239 e. The van der Waals surface area contributed by atoms with E-state index in [2.05, 4.69) is 5.32 Å². The number of piperidine rings is 1. The van der Waals surface area contributed by atoms with Gasteiger partial charge in [0, 0.05) is 47.4 Å². The van der Waals surface area contributed by atoms with Gasteiger partial charge in [-0.1, -0.05) is 29.3 Å². The minimum absolute atomic E-state index is 0.183. The number of nitrogens with zero attached hydrogens (tertiary/aromatic N) is 1. The number of aliphatic hydroxyl groups is 1. The van der Waals surface area contributed by atoms with Gasteiger partial charge in [0.15, 0.2) is 17.6 Å². The van der Waals surface area contributed by atoms with Crippen LogP contribution >= 0.6 is 23.2 Å². The van der Waals surface area contributed by atoms with Crippen LogP contribution in [0.2, 0.25) is 10.0 Å². The first-order valence-electron chi connectivity index (χ1n) is 11.2. The number of rotatable bonds is 8. The van der Waals surface area contributed by atoms with Gasteiger partial charge in [-0.05, 0) is 37.1 Å². The van der Waals surface area contributed by atoms with E-state index < -0.39 is 24.2 Å². The largest absolute Gasteiger partial charge is 0.497 e. The monoisotopic (exact) mass is 509 g/mol. The van der Waals surface area contributed by atoms with E-state index in [0.29, 0.717) is 52.5 Å². The lowest BCUT2D eigenvalue weighted by Crippen LogP contribution is -2.50. The third-order valence-corrected chi connectivity index (χ3v) is 6.97. The van der Waals surface area contributed by atoms with E-state index in [0.717, 1.165) is 12.8 Å². The van der Waals surface area contributed by atoms with E-state index in [1.807, 2.05) is 4.90 Å². The van der Waals surface area contributed by atoms with Crippen LogP contribution in [0.25, 0.3) is 0 Å². The van der Waals surface area contributed by atoms with Gasteiger partial charge in [-0.2, -0.15) is 0 Å². The number of fused-ring (bicyclic) bond motifs is 1. The Morgan fingerprint density at radius 1 is 1.24 bits per heavy atom. The topological polar surface area (TPSA) is 106 Å². The Hall–Kier alpha value is -2.23. The van der Waals surface area contributed by atoms with Crippen LogP contribution in [0.5, 0.6) is 17.2 Å². The zero-order valence-corrected chi connectivity index (χ0v) is 20.4. The van der Waals surface area contributed by atoms with Crippen LogP contribution in [-0.4, -0.2) is 67.5 Å². The lowest BCUT2D eigenvalue weighted by atomic mass is 9.98. The number of hydrogen-bond acceptors (Lipinski definition) is 7. The van der Waals surface area contributed by atoms with E-state index in [1.54, 1.807) is 43.5 Å². The zero-order valence-electron chi connectivity index (χ0n) is 18.9. The fourth-order valence-corrected chi connectivity index (χ4v) is 5.05. The minimum Gasteiger partial charge on any atom is -0.497 e. The number of amides is 1. The summed E-state index contributed by atoms with van der Waals surface area (Å²) in [4.78, 5) is 14.3. The number of nitrogens with one attached hydrogen (secondary N) is 1. The van der Waals surface area contributed by atoms with Crippen molar-refractivity contribution < 1.29 is 24.1 Å². The fraction of sp³-hybridized carbons (Fsp3) is 0.458. The lowest BCUT2D eigenvalue weighted by Gasteiger charge is -2.37. The molecule has 3 atom stereocenters. The van der Waals surface area contributed by atoms with E-state index >= 15 is 0 Å². The highest BCUT2D eigenvalue weighted by Gasteiger charge is 2.33. The number of ether oxygens (including phenoxy) is 3. The second-order valence-corrected chi connectivity index (χ2v) is 9.32. The molecule has 184 valence electrons. The van der Waals surface area contributed by atoms with Gasteiger partial charge < -0.3 is 30.4 Å². The van der Waals surface area contributed by atoms with Gasteiger partial charge in [0.1, 0.15) is 24.5 Å². The molecule has 4 rings (SSSR count). The summed E-state index contributed by atoms with van der Waals surface area (Å²) in [6.45, 7) is 1.89. The van der Waals surface area contributed by atoms with E-state index in [9.17, 15) is 9.90 Å². The number of carbonyl (C=O) groups excluding carboxylic acids is 1. The number of hydrogen-bond donors (Lipinski definition) is 3. The fourth-order valence-electron chi connectivity index (χ4n) is 4.44. The van der Waals surface area contributed by atoms with Gasteiger partial charge in [0.2, 0.25) is 5.91 Å². The molecule has 8 nitrogen and oxygen atoms in total. The van der Waals surface area contributed by atoms with Crippen molar-refractivity contribution in [1.82, 2.24) is 10.2 Å². The summed E-state index contributed by atoms with van der Waals surface area (Å²) in [5.41, 5.74) is 6.27. The molecule has 0 radical (unpaired) electrons. The lowest BCUT2D eigenvalue weighted by molar-refractivity contribution is -0.124. The third kappa shape index (κ3) is 5.53. The first-order chi connectivity index (χ1) is 16.4. The molecule has 0 saturated carbocycles. The van der Waals surface area contributed by atoms with Crippen molar-refractivity contribution in [1.29, 1.82) is 0 Å². The van der Waals surface area contributed by atoms with Gasteiger partial charge in [-0.15, -0.1) is 0 Å². The first kappa shape index (κ1) is 24.9. The van der Waals surface area contributed by atoms with Crippen LogP contribution in [0, 0.1) is 0 Å². The highest BCUT2D eigenvalue weighted by molar-refractivity contribution is 6.36. The molecule has 3 unspecified atom stereocenters. The molecule has 10 heteroatoms. The summed E-state index contributed by atoms with van der Waals surface area (Å²) in [6, 6.07) is 9.99. The normalized spacial score (nSPS) is 20.5. The molecule has 0 bridgehead atoms. The van der Waals surface area contributed by atoms with Crippen molar-refractivity contribution in [3.8, 4) is 17.2 Å². The summed E-state index contributed by atoms with van der Waals surface area (Å²) in [5, 5.41) is 14.9. The first-order valence-corrected chi connectivity index (χ1v) is 12.0. The number of carbonyl (C=O) groups is 1. The van der Waals surface area contributed by atoms with E-state index in [-0.39, 0.29) is 12.6 Å².